The molecule has 2 amide bonds. The minimum atomic E-state index is -0.302. The van der Waals surface area contributed by atoms with E-state index < -0.39 is 0 Å². The summed E-state index contributed by atoms with van der Waals surface area (Å²) >= 11 is 0. The van der Waals surface area contributed by atoms with Crippen LogP contribution < -0.4 is 10.2 Å². The summed E-state index contributed by atoms with van der Waals surface area (Å²) < 4.78 is 5.45. The number of nitrogens with one attached hydrogen (secondary N) is 1. The van der Waals surface area contributed by atoms with Gasteiger partial charge in [0.15, 0.2) is 0 Å². The Kier molecular flexibility index (Phi) is 8.48. The van der Waals surface area contributed by atoms with Gasteiger partial charge in [-0.3, -0.25) is 15.0 Å². The van der Waals surface area contributed by atoms with Crippen LogP contribution in [0.4, 0.5) is 0 Å². The molecule has 0 aromatic heterocycles. The maximum atomic E-state index is 13.7. The first kappa shape index (κ1) is 25.4. The highest BCUT2D eigenvalue weighted by molar-refractivity contribution is 6.00. The van der Waals surface area contributed by atoms with Crippen LogP contribution in [-0.4, -0.2) is 30.0 Å². The Hall–Kier alpha value is -2.82. The molecule has 1 unspecified atom stereocenters. The number of hydrogen-bond acceptors (Lipinski definition) is 3. The van der Waals surface area contributed by atoms with Crippen molar-refractivity contribution in [1.82, 2.24) is 10.4 Å². The molecule has 0 fully saturated rings. The Morgan fingerprint density at radius 2 is 1.69 bits per heavy atom. The normalized spacial score (nSPS) is 12.2. The first-order chi connectivity index (χ1) is 15.0. The molecule has 0 aliphatic rings. The lowest BCUT2D eigenvalue weighted by Gasteiger charge is -2.40. The van der Waals surface area contributed by atoms with E-state index in [-0.39, 0.29) is 23.3 Å². The monoisotopic (exact) mass is 438 g/mol. The zero-order chi connectivity index (χ0) is 24.1. The van der Waals surface area contributed by atoms with E-state index in [1.54, 1.807) is 24.3 Å². The van der Waals surface area contributed by atoms with Crippen LogP contribution in [0.15, 0.2) is 36.4 Å². The van der Waals surface area contributed by atoms with Crippen LogP contribution in [0.25, 0.3) is 0 Å². The predicted molar refractivity (Wildman–Crippen MR) is 130 cm³/mol. The van der Waals surface area contributed by atoms with E-state index in [2.05, 4.69) is 33.1 Å². The van der Waals surface area contributed by atoms with Crippen molar-refractivity contribution in [1.29, 1.82) is 0 Å². The zero-order valence-electron chi connectivity index (χ0n) is 20.8. The molecule has 32 heavy (non-hydrogen) atoms. The number of rotatable bonds is 7. The third-order valence-corrected chi connectivity index (χ3v) is 5.73. The topological polar surface area (TPSA) is 58.6 Å². The van der Waals surface area contributed by atoms with Crippen molar-refractivity contribution in [2.45, 2.75) is 73.8 Å². The third-order valence-electron chi connectivity index (χ3n) is 5.73. The number of carbonyl (C=O) groups excluding carboxylic acids is 2. The van der Waals surface area contributed by atoms with Gasteiger partial charge in [-0.05, 0) is 56.4 Å². The number of hydrogen-bond donors (Lipinski definition) is 1. The summed E-state index contributed by atoms with van der Waals surface area (Å²) in [5.74, 6) is 0.177. The van der Waals surface area contributed by atoms with Gasteiger partial charge in [0.05, 0.1) is 13.2 Å². The van der Waals surface area contributed by atoms with Crippen molar-refractivity contribution < 1.29 is 14.3 Å². The largest absolute Gasteiger partial charge is 0.496 e. The number of aryl methyl sites for hydroxylation is 2. The van der Waals surface area contributed by atoms with Crippen LogP contribution in [-0.2, 0) is 6.42 Å². The van der Waals surface area contributed by atoms with Crippen molar-refractivity contribution in [3.8, 4) is 5.75 Å². The maximum Gasteiger partial charge on any atom is 0.272 e. The lowest BCUT2D eigenvalue weighted by Crippen LogP contribution is -2.56. The predicted octanol–water partition coefficient (Wildman–Crippen LogP) is 5.88. The molecule has 174 valence electrons. The standard InChI is InChI=1S/C27H38N2O3/c1-9-12-24(27(5,6)7)29(26(31)20-16-18(3)15-19(4)17-20)28-25(30)22-13-11-14-23(32-8)21(22)10-2/h11,13-17,24H,9-10,12H2,1-8H3,(H,28,30). The summed E-state index contributed by atoms with van der Waals surface area (Å²) in [4.78, 5) is 27.2. The Labute approximate surface area is 193 Å². The van der Waals surface area contributed by atoms with Gasteiger partial charge < -0.3 is 4.74 Å². The molecule has 0 aliphatic heterocycles. The van der Waals surface area contributed by atoms with Gasteiger partial charge in [0.1, 0.15) is 5.75 Å². The number of hydrazine groups is 1. The first-order valence-electron chi connectivity index (χ1n) is 11.4. The quantitative estimate of drug-likeness (QED) is 0.550. The minimum absolute atomic E-state index is 0.166. The van der Waals surface area contributed by atoms with Gasteiger partial charge in [-0.25, -0.2) is 5.01 Å². The lowest BCUT2D eigenvalue weighted by atomic mass is 9.83. The summed E-state index contributed by atoms with van der Waals surface area (Å²) in [5.41, 5.74) is 6.72. The van der Waals surface area contributed by atoms with E-state index in [0.29, 0.717) is 23.3 Å². The maximum absolute atomic E-state index is 13.7. The number of nitrogens with zero attached hydrogens (tertiary/aromatic N) is 1. The molecule has 1 atom stereocenters. The summed E-state index contributed by atoms with van der Waals surface area (Å²) in [6, 6.07) is 11.1. The lowest BCUT2D eigenvalue weighted by molar-refractivity contribution is 0.0270. The second kappa shape index (κ2) is 10.7. The highest BCUT2D eigenvalue weighted by Crippen LogP contribution is 2.29. The average Bonchev–Trinajstić information content (AvgIpc) is 2.73. The molecular formula is C27H38N2O3. The van der Waals surface area contributed by atoms with E-state index in [4.69, 9.17) is 4.74 Å². The smallest absolute Gasteiger partial charge is 0.272 e. The van der Waals surface area contributed by atoms with Gasteiger partial charge in [0.2, 0.25) is 0 Å². The van der Waals surface area contributed by atoms with E-state index >= 15 is 0 Å². The van der Waals surface area contributed by atoms with Gasteiger partial charge in [0, 0.05) is 16.7 Å². The number of benzene rings is 2. The van der Waals surface area contributed by atoms with Gasteiger partial charge in [-0.1, -0.05) is 64.3 Å². The number of carbonyl (C=O) groups is 2. The van der Waals surface area contributed by atoms with Gasteiger partial charge in [0.25, 0.3) is 11.8 Å². The van der Waals surface area contributed by atoms with Crippen molar-refractivity contribution in [3.05, 3.63) is 64.2 Å². The number of ether oxygens (including phenoxy) is 1. The summed E-state index contributed by atoms with van der Waals surface area (Å²) in [5, 5.41) is 1.55. The zero-order valence-corrected chi connectivity index (χ0v) is 20.8. The van der Waals surface area contributed by atoms with Crippen molar-refractivity contribution in [2.24, 2.45) is 5.41 Å². The van der Waals surface area contributed by atoms with Crippen molar-refractivity contribution in [3.63, 3.8) is 0 Å². The van der Waals surface area contributed by atoms with Crippen LogP contribution in [0.1, 0.15) is 84.9 Å². The molecular weight excluding hydrogens is 400 g/mol. The first-order valence-corrected chi connectivity index (χ1v) is 11.4. The molecule has 2 rings (SSSR count). The molecule has 1 N–H and O–H groups in total. The molecule has 0 spiro atoms. The van der Waals surface area contributed by atoms with Crippen LogP contribution in [0.5, 0.6) is 5.75 Å². The fourth-order valence-electron chi connectivity index (χ4n) is 4.23. The van der Waals surface area contributed by atoms with E-state index in [0.717, 1.165) is 29.5 Å². The van der Waals surface area contributed by atoms with Gasteiger partial charge in [-0.15, -0.1) is 0 Å². The molecule has 0 bridgehead atoms. The Balaban J connectivity index is 2.54. The minimum Gasteiger partial charge on any atom is -0.496 e. The Morgan fingerprint density at radius 1 is 1.06 bits per heavy atom. The van der Waals surface area contributed by atoms with Crippen LogP contribution in [0.2, 0.25) is 0 Å². The molecule has 2 aromatic rings. The van der Waals surface area contributed by atoms with E-state index in [9.17, 15) is 9.59 Å². The molecule has 2 aromatic carbocycles. The van der Waals surface area contributed by atoms with Crippen LogP contribution in [0, 0.1) is 19.3 Å². The molecule has 0 radical (unpaired) electrons. The van der Waals surface area contributed by atoms with Crippen LogP contribution >= 0.6 is 0 Å². The SMILES string of the molecule is CCCC(N(NC(=O)c1cccc(OC)c1CC)C(=O)c1cc(C)cc(C)c1)C(C)(C)C. The molecule has 0 aliphatic carbocycles. The second-order valence-corrected chi connectivity index (χ2v) is 9.50. The van der Waals surface area contributed by atoms with E-state index in [1.807, 2.05) is 45.0 Å². The van der Waals surface area contributed by atoms with Gasteiger partial charge >= 0.3 is 0 Å². The van der Waals surface area contributed by atoms with E-state index in [1.165, 1.54) is 0 Å². The summed E-state index contributed by atoms with van der Waals surface area (Å²) in [6.07, 6.45) is 2.32. The summed E-state index contributed by atoms with van der Waals surface area (Å²) in [6.45, 7) is 14.3. The third kappa shape index (κ3) is 5.90. The van der Waals surface area contributed by atoms with Crippen molar-refractivity contribution >= 4 is 11.8 Å². The fourth-order valence-corrected chi connectivity index (χ4v) is 4.23. The second-order valence-electron chi connectivity index (χ2n) is 9.50. The Morgan fingerprint density at radius 3 is 2.19 bits per heavy atom. The summed E-state index contributed by atoms with van der Waals surface area (Å²) in [7, 11) is 1.60. The highest BCUT2D eigenvalue weighted by atomic mass is 16.5. The number of amides is 2. The molecule has 0 saturated carbocycles. The van der Waals surface area contributed by atoms with Crippen molar-refractivity contribution in [2.75, 3.05) is 7.11 Å². The van der Waals surface area contributed by atoms with Crippen LogP contribution in [0.3, 0.4) is 0 Å². The molecule has 5 nitrogen and oxygen atoms in total. The highest BCUT2D eigenvalue weighted by Gasteiger charge is 2.35. The Bertz CT molecular complexity index is 940. The molecule has 5 heteroatoms. The average molecular weight is 439 g/mol. The molecule has 0 heterocycles. The number of methoxy groups -OCH3 is 1. The fraction of sp³-hybridized carbons (Fsp3) is 0.481. The molecule has 0 saturated heterocycles. The van der Waals surface area contributed by atoms with Gasteiger partial charge in [-0.2, -0.15) is 0 Å².